The molecule has 0 saturated heterocycles. The van der Waals surface area contributed by atoms with Crippen LogP contribution in [0.1, 0.15) is 26.3 Å². The van der Waals surface area contributed by atoms with Gasteiger partial charge in [-0.1, -0.05) is 78.9 Å². The van der Waals surface area contributed by atoms with E-state index in [0.717, 1.165) is 11.8 Å². The molecule has 3 rings (SSSR count). The van der Waals surface area contributed by atoms with E-state index in [2.05, 4.69) is 15.8 Å². The van der Waals surface area contributed by atoms with Gasteiger partial charge < -0.3 is 5.32 Å². The van der Waals surface area contributed by atoms with Crippen molar-refractivity contribution in [2.24, 2.45) is 5.10 Å². The number of carbonyl (C=O) groups is 3. The second kappa shape index (κ2) is 10.3. The van der Waals surface area contributed by atoms with Crippen LogP contribution in [0.25, 0.3) is 6.08 Å². The molecular weight excluding hydrogens is 378 g/mol. The average Bonchev–Trinajstić information content (AvgIpc) is 2.80. The van der Waals surface area contributed by atoms with Gasteiger partial charge in [0.05, 0.1) is 6.21 Å². The van der Waals surface area contributed by atoms with E-state index in [1.807, 2.05) is 18.2 Å². The van der Waals surface area contributed by atoms with Crippen molar-refractivity contribution >= 4 is 29.9 Å². The van der Waals surface area contributed by atoms with E-state index in [1.165, 1.54) is 6.08 Å². The van der Waals surface area contributed by atoms with Crippen LogP contribution < -0.4 is 10.7 Å². The lowest BCUT2D eigenvalue weighted by Crippen LogP contribution is -2.33. The summed E-state index contributed by atoms with van der Waals surface area (Å²) in [5.74, 6) is -1.43. The number of benzene rings is 3. The molecule has 0 fully saturated rings. The lowest BCUT2D eigenvalue weighted by Gasteiger charge is -2.09. The van der Waals surface area contributed by atoms with Gasteiger partial charge in [0.1, 0.15) is 5.70 Å². The van der Waals surface area contributed by atoms with Crippen molar-refractivity contribution in [3.63, 3.8) is 0 Å². The maximum Gasteiger partial charge on any atom is 0.287 e. The molecule has 30 heavy (non-hydrogen) atoms. The van der Waals surface area contributed by atoms with Crippen LogP contribution in [0.3, 0.4) is 0 Å². The Balaban J connectivity index is 1.75. The van der Waals surface area contributed by atoms with Crippen LogP contribution in [-0.2, 0) is 4.79 Å². The number of hydrogen-bond donors (Lipinski definition) is 2. The van der Waals surface area contributed by atoms with Crippen LogP contribution in [0.15, 0.2) is 102 Å². The van der Waals surface area contributed by atoms with Crippen molar-refractivity contribution in [1.29, 1.82) is 0 Å². The largest absolute Gasteiger partial charge is 0.317 e. The standard InChI is InChI=1S/C24H19N3O3/c28-22(19-12-6-2-7-13-19)17-25-27-24(30)21(16-18-10-4-1-5-11-18)26-23(29)20-14-8-3-9-15-20/h1-17H,(H,26,29)(H,27,30)/b21-16-,25-17-. The Hall–Kier alpha value is -4.32. The van der Waals surface area contributed by atoms with Crippen molar-refractivity contribution < 1.29 is 14.4 Å². The Morgan fingerprint density at radius 3 is 1.83 bits per heavy atom. The van der Waals surface area contributed by atoms with Crippen LogP contribution in [-0.4, -0.2) is 23.8 Å². The van der Waals surface area contributed by atoms with Gasteiger partial charge in [0.15, 0.2) is 0 Å². The number of ketones is 1. The van der Waals surface area contributed by atoms with E-state index in [1.54, 1.807) is 72.8 Å². The van der Waals surface area contributed by atoms with Crippen LogP contribution in [0.5, 0.6) is 0 Å². The second-order valence-electron chi connectivity index (χ2n) is 6.22. The number of amides is 2. The van der Waals surface area contributed by atoms with E-state index in [4.69, 9.17) is 0 Å². The molecule has 0 aliphatic rings. The first kappa shape index (κ1) is 20.4. The van der Waals surface area contributed by atoms with Gasteiger partial charge in [0.25, 0.3) is 11.8 Å². The normalized spacial score (nSPS) is 11.1. The summed E-state index contributed by atoms with van der Waals surface area (Å²) in [5, 5.41) is 6.33. The number of Topliss-reactive ketones (excluding diaryl/α,β-unsaturated/α-hetero) is 1. The summed E-state index contributed by atoms with van der Waals surface area (Å²) in [6.45, 7) is 0. The molecule has 2 amide bonds. The zero-order chi connectivity index (χ0) is 21.2. The summed E-state index contributed by atoms with van der Waals surface area (Å²) in [6.07, 6.45) is 2.55. The highest BCUT2D eigenvalue weighted by molar-refractivity contribution is 6.35. The number of hydrogen-bond acceptors (Lipinski definition) is 4. The van der Waals surface area contributed by atoms with Crippen molar-refractivity contribution in [1.82, 2.24) is 10.7 Å². The maximum absolute atomic E-state index is 12.6. The Morgan fingerprint density at radius 1 is 0.700 bits per heavy atom. The Labute approximate surface area is 173 Å². The fraction of sp³-hybridized carbons (Fsp3) is 0. The van der Waals surface area contributed by atoms with Gasteiger partial charge in [-0.2, -0.15) is 5.10 Å². The fourth-order valence-electron chi connectivity index (χ4n) is 2.55. The van der Waals surface area contributed by atoms with E-state index in [9.17, 15) is 14.4 Å². The highest BCUT2D eigenvalue weighted by atomic mass is 16.2. The monoisotopic (exact) mass is 397 g/mol. The molecule has 0 bridgehead atoms. The van der Waals surface area contributed by atoms with E-state index in [-0.39, 0.29) is 11.5 Å². The number of hydrazone groups is 1. The first-order valence-corrected chi connectivity index (χ1v) is 9.19. The molecule has 0 spiro atoms. The minimum atomic E-state index is -0.653. The fourth-order valence-corrected chi connectivity index (χ4v) is 2.55. The van der Waals surface area contributed by atoms with Gasteiger partial charge in [-0.25, -0.2) is 5.43 Å². The zero-order valence-corrected chi connectivity index (χ0v) is 16.0. The van der Waals surface area contributed by atoms with Gasteiger partial charge in [0, 0.05) is 11.1 Å². The molecule has 6 heteroatoms. The third kappa shape index (κ3) is 5.84. The molecule has 3 aromatic rings. The molecule has 0 aliphatic carbocycles. The van der Waals surface area contributed by atoms with Gasteiger partial charge in [0.2, 0.25) is 5.78 Å². The Morgan fingerprint density at radius 2 is 1.23 bits per heavy atom. The minimum Gasteiger partial charge on any atom is -0.317 e. The van der Waals surface area contributed by atoms with E-state index >= 15 is 0 Å². The van der Waals surface area contributed by atoms with Crippen LogP contribution in [0.2, 0.25) is 0 Å². The highest BCUT2D eigenvalue weighted by Gasteiger charge is 2.14. The smallest absolute Gasteiger partial charge is 0.287 e. The lowest BCUT2D eigenvalue weighted by molar-refractivity contribution is -0.117. The maximum atomic E-state index is 12.6. The van der Waals surface area contributed by atoms with Gasteiger partial charge in [-0.15, -0.1) is 0 Å². The summed E-state index contributed by atoms with van der Waals surface area (Å²) >= 11 is 0. The van der Waals surface area contributed by atoms with Crippen LogP contribution in [0.4, 0.5) is 0 Å². The predicted molar refractivity (Wildman–Crippen MR) is 116 cm³/mol. The molecule has 0 atom stereocenters. The minimum absolute atomic E-state index is 0.000590. The molecule has 3 aromatic carbocycles. The summed E-state index contributed by atoms with van der Waals surface area (Å²) in [4.78, 5) is 37.2. The number of nitrogens with one attached hydrogen (secondary N) is 2. The van der Waals surface area contributed by atoms with Gasteiger partial charge in [-0.05, 0) is 23.8 Å². The van der Waals surface area contributed by atoms with Crippen molar-refractivity contribution in [3.8, 4) is 0 Å². The average molecular weight is 397 g/mol. The summed E-state index contributed by atoms with van der Waals surface area (Å²) in [5.41, 5.74) is 3.87. The SMILES string of the molecule is O=C(N/N=C\C(=O)c1ccccc1)/C(=C/c1ccccc1)NC(=O)c1ccccc1. The van der Waals surface area contributed by atoms with Crippen molar-refractivity contribution in [2.45, 2.75) is 0 Å². The molecule has 0 unspecified atom stereocenters. The second-order valence-corrected chi connectivity index (χ2v) is 6.22. The number of nitrogens with zero attached hydrogens (tertiary/aromatic N) is 1. The van der Waals surface area contributed by atoms with Crippen LogP contribution in [0, 0.1) is 0 Å². The molecule has 0 aromatic heterocycles. The van der Waals surface area contributed by atoms with Gasteiger partial charge in [-0.3, -0.25) is 14.4 Å². The number of carbonyl (C=O) groups excluding carboxylic acids is 3. The molecule has 0 aliphatic heterocycles. The molecule has 6 nitrogen and oxygen atoms in total. The van der Waals surface area contributed by atoms with E-state index in [0.29, 0.717) is 11.1 Å². The highest BCUT2D eigenvalue weighted by Crippen LogP contribution is 2.07. The summed E-state index contributed by atoms with van der Waals surface area (Å²) in [6, 6.07) is 26.2. The third-order valence-corrected chi connectivity index (χ3v) is 4.05. The molecule has 0 radical (unpaired) electrons. The Bertz CT molecular complexity index is 1080. The van der Waals surface area contributed by atoms with Crippen molar-refractivity contribution in [3.05, 3.63) is 113 Å². The first-order chi connectivity index (χ1) is 14.6. The molecule has 0 saturated carbocycles. The van der Waals surface area contributed by atoms with Crippen molar-refractivity contribution in [2.75, 3.05) is 0 Å². The first-order valence-electron chi connectivity index (χ1n) is 9.19. The molecule has 148 valence electrons. The quantitative estimate of drug-likeness (QED) is 0.277. The van der Waals surface area contributed by atoms with Gasteiger partial charge >= 0.3 is 0 Å². The lowest BCUT2D eigenvalue weighted by atomic mass is 10.1. The predicted octanol–water partition coefficient (Wildman–Crippen LogP) is 3.44. The number of rotatable bonds is 7. The van der Waals surface area contributed by atoms with Crippen LogP contribution >= 0.6 is 0 Å². The Kier molecular flexibility index (Phi) is 7.00. The molecule has 2 N–H and O–H groups in total. The zero-order valence-electron chi connectivity index (χ0n) is 16.0. The third-order valence-electron chi connectivity index (χ3n) is 4.05. The van der Waals surface area contributed by atoms with E-state index < -0.39 is 11.8 Å². The molecular formula is C24H19N3O3. The summed E-state index contributed by atoms with van der Waals surface area (Å²) in [7, 11) is 0. The topological polar surface area (TPSA) is 87.6 Å². The summed E-state index contributed by atoms with van der Waals surface area (Å²) < 4.78 is 0. The molecule has 0 heterocycles.